The molecular weight excluding hydrogens is 331 g/mol. The zero-order chi connectivity index (χ0) is 18.2. The summed E-state index contributed by atoms with van der Waals surface area (Å²) in [5.74, 6) is -0.284. The summed E-state index contributed by atoms with van der Waals surface area (Å²) < 4.78 is 18.7. The van der Waals surface area contributed by atoms with Crippen molar-refractivity contribution >= 4 is 5.91 Å². The Hall–Kier alpha value is -2.24. The molecule has 2 aromatic rings. The first-order valence-corrected chi connectivity index (χ1v) is 9.09. The number of ether oxygens (including phenoxy) is 1. The minimum Gasteiger partial charge on any atom is -0.379 e. The fourth-order valence-corrected chi connectivity index (χ4v) is 3.18. The van der Waals surface area contributed by atoms with Crippen LogP contribution < -0.4 is 5.32 Å². The zero-order valence-electron chi connectivity index (χ0n) is 14.9. The number of nitrogens with one attached hydrogen (secondary N) is 1. The van der Waals surface area contributed by atoms with Crippen molar-refractivity contribution in [3.63, 3.8) is 0 Å². The van der Waals surface area contributed by atoms with Gasteiger partial charge in [0.05, 0.1) is 19.3 Å². The number of carbonyl (C=O) groups excluding carboxylic acids is 1. The number of hydrogen-bond acceptors (Lipinski definition) is 3. The Morgan fingerprint density at radius 3 is 2.62 bits per heavy atom. The third-order valence-electron chi connectivity index (χ3n) is 4.61. The molecule has 3 rings (SSSR count). The minimum atomic E-state index is -0.266. The maximum atomic E-state index is 13.3. The summed E-state index contributed by atoms with van der Waals surface area (Å²) in [7, 11) is 0. The van der Waals surface area contributed by atoms with E-state index in [-0.39, 0.29) is 17.8 Å². The van der Waals surface area contributed by atoms with E-state index < -0.39 is 0 Å². The van der Waals surface area contributed by atoms with Crippen molar-refractivity contribution in [1.82, 2.24) is 10.2 Å². The van der Waals surface area contributed by atoms with Crippen LogP contribution >= 0.6 is 0 Å². The first-order chi connectivity index (χ1) is 12.7. The van der Waals surface area contributed by atoms with Gasteiger partial charge in [-0.25, -0.2) is 4.39 Å². The van der Waals surface area contributed by atoms with Crippen molar-refractivity contribution < 1.29 is 13.9 Å². The van der Waals surface area contributed by atoms with Gasteiger partial charge in [-0.2, -0.15) is 0 Å². The Labute approximate surface area is 154 Å². The SMILES string of the molecule is O=C(CCc1cccc(F)c1)NC(CN1CCOCC1)c1ccccc1. The second-order valence-electron chi connectivity index (χ2n) is 6.57. The number of morpholine rings is 1. The monoisotopic (exact) mass is 356 g/mol. The van der Waals surface area contributed by atoms with Crippen molar-refractivity contribution in [3.05, 3.63) is 71.5 Å². The van der Waals surface area contributed by atoms with Crippen LogP contribution in [-0.4, -0.2) is 43.7 Å². The summed E-state index contributed by atoms with van der Waals surface area (Å²) in [5, 5.41) is 3.15. The topological polar surface area (TPSA) is 41.6 Å². The molecule has 1 amide bonds. The second kappa shape index (κ2) is 9.46. The van der Waals surface area contributed by atoms with Crippen LogP contribution in [0.25, 0.3) is 0 Å². The van der Waals surface area contributed by atoms with Gasteiger partial charge >= 0.3 is 0 Å². The molecule has 1 saturated heterocycles. The molecule has 4 nitrogen and oxygen atoms in total. The molecule has 1 aliphatic rings. The molecule has 1 heterocycles. The second-order valence-corrected chi connectivity index (χ2v) is 6.57. The summed E-state index contributed by atoms with van der Waals surface area (Å²) in [6.45, 7) is 3.98. The van der Waals surface area contributed by atoms with E-state index in [9.17, 15) is 9.18 Å². The van der Waals surface area contributed by atoms with Crippen molar-refractivity contribution in [2.45, 2.75) is 18.9 Å². The van der Waals surface area contributed by atoms with E-state index in [1.54, 1.807) is 6.07 Å². The van der Waals surface area contributed by atoms with Crippen LogP contribution in [0.5, 0.6) is 0 Å². The predicted octanol–water partition coefficient (Wildman–Crippen LogP) is 2.95. The fraction of sp³-hybridized carbons (Fsp3) is 0.381. The van der Waals surface area contributed by atoms with E-state index in [1.807, 2.05) is 36.4 Å². The summed E-state index contributed by atoms with van der Waals surface area (Å²) in [6.07, 6.45) is 0.874. The highest BCUT2D eigenvalue weighted by Gasteiger charge is 2.20. The molecule has 2 aromatic carbocycles. The molecule has 1 atom stereocenters. The Bertz CT molecular complexity index is 702. The van der Waals surface area contributed by atoms with Gasteiger partial charge in [-0.15, -0.1) is 0 Å². The third-order valence-corrected chi connectivity index (χ3v) is 4.61. The lowest BCUT2D eigenvalue weighted by Crippen LogP contribution is -2.43. The van der Waals surface area contributed by atoms with E-state index in [0.29, 0.717) is 12.8 Å². The van der Waals surface area contributed by atoms with Crippen LogP contribution in [0.3, 0.4) is 0 Å². The van der Waals surface area contributed by atoms with Gasteiger partial charge in [0.2, 0.25) is 5.91 Å². The van der Waals surface area contributed by atoms with Crippen LogP contribution in [0.1, 0.15) is 23.6 Å². The first-order valence-electron chi connectivity index (χ1n) is 9.09. The van der Waals surface area contributed by atoms with Crippen LogP contribution in [0, 0.1) is 5.82 Å². The lowest BCUT2D eigenvalue weighted by molar-refractivity contribution is -0.122. The molecule has 0 spiro atoms. The summed E-state index contributed by atoms with van der Waals surface area (Å²) in [6, 6.07) is 16.4. The van der Waals surface area contributed by atoms with E-state index in [0.717, 1.165) is 44.0 Å². The van der Waals surface area contributed by atoms with Crippen molar-refractivity contribution in [2.75, 3.05) is 32.8 Å². The normalized spacial score (nSPS) is 16.2. The number of halogens is 1. The average Bonchev–Trinajstić information content (AvgIpc) is 2.67. The van der Waals surface area contributed by atoms with Gasteiger partial charge in [0, 0.05) is 26.1 Å². The van der Waals surface area contributed by atoms with E-state index in [2.05, 4.69) is 10.2 Å². The number of carbonyl (C=O) groups is 1. The molecule has 26 heavy (non-hydrogen) atoms. The lowest BCUT2D eigenvalue weighted by Gasteiger charge is -2.31. The molecule has 1 aliphatic heterocycles. The Kier molecular flexibility index (Phi) is 6.75. The minimum absolute atomic E-state index is 0.0172. The number of rotatable bonds is 7. The largest absolute Gasteiger partial charge is 0.379 e. The van der Waals surface area contributed by atoms with Gasteiger partial charge in [-0.05, 0) is 29.7 Å². The Morgan fingerprint density at radius 1 is 1.12 bits per heavy atom. The lowest BCUT2D eigenvalue weighted by atomic mass is 10.0. The highest BCUT2D eigenvalue weighted by atomic mass is 19.1. The molecule has 0 radical (unpaired) electrons. The van der Waals surface area contributed by atoms with Crippen LogP contribution in [0.4, 0.5) is 4.39 Å². The van der Waals surface area contributed by atoms with Crippen LogP contribution in [0.15, 0.2) is 54.6 Å². The average molecular weight is 356 g/mol. The number of amides is 1. The number of nitrogens with zero attached hydrogens (tertiary/aromatic N) is 1. The summed E-state index contributed by atoms with van der Waals surface area (Å²) in [4.78, 5) is 14.8. The Balaban J connectivity index is 1.59. The van der Waals surface area contributed by atoms with Gasteiger partial charge in [0.1, 0.15) is 5.82 Å². The third kappa shape index (κ3) is 5.64. The molecule has 0 aliphatic carbocycles. The number of aryl methyl sites for hydroxylation is 1. The fourth-order valence-electron chi connectivity index (χ4n) is 3.18. The van der Waals surface area contributed by atoms with Crippen molar-refractivity contribution in [1.29, 1.82) is 0 Å². The van der Waals surface area contributed by atoms with Crippen LogP contribution in [0.2, 0.25) is 0 Å². The first kappa shape index (κ1) is 18.5. The molecule has 1 N–H and O–H groups in total. The van der Waals surface area contributed by atoms with Gasteiger partial charge in [0.25, 0.3) is 0 Å². The molecule has 1 unspecified atom stereocenters. The smallest absolute Gasteiger partial charge is 0.220 e. The van der Waals surface area contributed by atoms with Gasteiger partial charge in [0.15, 0.2) is 0 Å². The quantitative estimate of drug-likeness (QED) is 0.829. The van der Waals surface area contributed by atoms with Crippen LogP contribution in [-0.2, 0) is 16.0 Å². The zero-order valence-corrected chi connectivity index (χ0v) is 14.9. The highest BCUT2D eigenvalue weighted by molar-refractivity contribution is 5.76. The van der Waals surface area contributed by atoms with Gasteiger partial charge in [-0.1, -0.05) is 42.5 Å². The molecule has 5 heteroatoms. The Morgan fingerprint density at radius 2 is 1.88 bits per heavy atom. The number of hydrogen-bond donors (Lipinski definition) is 1. The van der Waals surface area contributed by atoms with E-state index in [1.165, 1.54) is 12.1 Å². The van der Waals surface area contributed by atoms with Crippen molar-refractivity contribution in [3.8, 4) is 0 Å². The van der Waals surface area contributed by atoms with E-state index in [4.69, 9.17) is 4.74 Å². The summed E-state index contributed by atoms with van der Waals surface area (Å²) in [5.41, 5.74) is 1.93. The van der Waals surface area contributed by atoms with E-state index >= 15 is 0 Å². The molecule has 0 saturated carbocycles. The molecular formula is C21H25FN2O2. The standard InChI is InChI=1S/C21H25FN2O2/c22-19-8-4-5-17(15-19)9-10-21(25)23-20(18-6-2-1-3-7-18)16-24-11-13-26-14-12-24/h1-8,15,20H,9-14,16H2,(H,23,25). The van der Waals surface area contributed by atoms with Crippen molar-refractivity contribution in [2.24, 2.45) is 0 Å². The maximum Gasteiger partial charge on any atom is 0.220 e. The predicted molar refractivity (Wildman–Crippen MR) is 99.3 cm³/mol. The molecule has 0 bridgehead atoms. The summed E-state index contributed by atoms with van der Waals surface area (Å²) >= 11 is 0. The van der Waals surface area contributed by atoms with Gasteiger partial charge < -0.3 is 10.1 Å². The highest BCUT2D eigenvalue weighted by Crippen LogP contribution is 2.16. The van der Waals surface area contributed by atoms with Gasteiger partial charge in [-0.3, -0.25) is 9.69 Å². The molecule has 138 valence electrons. The molecule has 1 fully saturated rings. The number of benzene rings is 2. The maximum absolute atomic E-state index is 13.3. The molecule has 0 aromatic heterocycles.